The summed E-state index contributed by atoms with van der Waals surface area (Å²) in [5, 5.41) is 0. The third-order valence-electron chi connectivity index (χ3n) is 4.16. The number of sulfonamides is 1. The summed E-state index contributed by atoms with van der Waals surface area (Å²) in [7, 11) is -3.66. The molecule has 21 heavy (non-hydrogen) atoms. The summed E-state index contributed by atoms with van der Waals surface area (Å²) in [6.45, 7) is 0.371. The van der Waals surface area contributed by atoms with E-state index in [9.17, 15) is 13.2 Å². The quantitative estimate of drug-likeness (QED) is 0.724. The van der Waals surface area contributed by atoms with Crippen molar-refractivity contribution < 1.29 is 17.9 Å². The molecular weight excluding hydrogens is 378 g/mol. The average Bonchev–Trinajstić information content (AvgIpc) is 2.90. The fraction of sp³-hybridized carbons (Fsp3) is 0.615. The summed E-state index contributed by atoms with van der Waals surface area (Å²) < 4.78 is 33.5. The van der Waals surface area contributed by atoms with Crippen LogP contribution < -0.4 is 0 Å². The maximum Gasteiger partial charge on any atom is 0.327 e. The molecule has 0 amide bonds. The van der Waals surface area contributed by atoms with Gasteiger partial charge in [-0.3, -0.25) is 4.79 Å². The van der Waals surface area contributed by atoms with Crippen LogP contribution in [0.3, 0.4) is 0 Å². The van der Waals surface area contributed by atoms with E-state index in [4.69, 9.17) is 4.74 Å². The normalized spacial score (nSPS) is 23.2. The molecule has 1 saturated carbocycles. The van der Waals surface area contributed by atoms with Gasteiger partial charge in [0.15, 0.2) is 0 Å². The minimum absolute atomic E-state index is 0.131. The van der Waals surface area contributed by atoms with Gasteiger partial charge in [0.05, 0.1) is 3.79 Å². The second-order valence-electron chi connectivity index (χ2n) is 5.36. The Bertz CT molecular complexity index is 649. The van der Waals surface area contributed by atoms with E-state index in [1.165, 1.54) is 15.6 Å². The van der Waals surface area contributed by atoms with Crippen molar-refractivity contribution in [1.29, 1.82) is 0 Å². The zero-order valence-electron chi connectivity index (χ0n) is 11.4. The lowest BCUT2D eigenvalue weighted by atomic mass is 9.81. The van der Waals surface area contributed by atoms with Crippen LogP contribution in [-0.2, 0) is 19.6 Å². The zero-order valence-corrected chi connectivity index (χ0v) is 14.6. The van der Waals surface area contributed by atoms with Gasteiger partial charge in [-0.1, -0.05) is 19.3 Å². The predicted octanol–water partition coefficient (Wildman–Crippen LogP) is 2.76. The lowest BCUT2D eigenvalue weighted by Gasteiger charge is -2.45. The van der Waals surface area contributed by atoms with Gasteiger partial charge in [-0.15, -0.1) is 11.3 Å². The third-order valence-corrected chi connectivity index (χ3v) is 8.22. The van der Waals surface area contributed by atoms with Crippen molar-refractivity contribution in [2.45, 2.75) is 41.9 Å². The lowest BCUT2D eigenvalue weighted by Crippen LogP contribution is -2.62. The molecule has 2 aliphatic rings. The number of carbonyl (C=O) groups excluding carboxylic acids is 1. The van der Waals surface area contributed by atoms with E-state index in [2.05, 4.69) is 15.9 Å². The van der Waals surface area contributed by atoms with Crippen molar-refractivity contribution in [3.63, 3.8) is 0 Å². The number of esters is 1. The van der Waals surface area contributed by atoms with E-state index in [0.717, 1.165) is 23.0 Å². The fourth-order valence-electron chi connectivity index (χ4n) is 3.16. The molecule has 0 atom stereocenters. The molecular formula is C13H16BrNO4S2. The molecule has 0 N–H and O–H groups in total. The standard InChI is InChI=1S/C13H16BrNO4S2/c14-10-4-5-11(20-10)21(17,18)15-8-9-19-12(16)13(15)6-2-1-3-7-13/h4-5H,1-3,6-9H2. The molecule has 3 rings (SSSR count). The number of rotatable bonds is 2. The number of hydrogen-bond acceptors (Lipinski definition) is 5. The third kappa shape index (κ3) is 2.56. The SMILES string of the molecule is O=C1OCCN(S(=O)(=O)c2ccc(Br)s2)C12CCCCC2. The van der Waals surface area contributed by atoms with Gasteiger partial charge in [-0.2, -0.15) is 4.31 Å². The Labute approximate surface area is 136 Å². The number of nitrogens with zero attached hydrogens (tertiary/aromatic N) is 1. The maximum absolute atomic E-state index is 12.9. The monoisotopic (exact) mass is 393 g/mol. The van der Waals surface area contributed by atoms with E-state index < -0.39 is 15.6 Å². The molecule has 1 aliphatic heterocycles. The van der Waals surface area contributed by atoms with Gasteiger partial charge < -0.3 is 4.74 Å². The van der Waals surface area contributed by atoms with E-state index in [0.29, 0.717) is 12.8 Å². The van der Waals surface area contributed by atoms with Crippen LogP contribution in [-0.4, -0.2) is 37.4 Å². The van der Waals surface area contributed by atoms with Gasteiger partial charge >= 0.3 is 5.97 Å². The first kappa shape index (κ1) is 15.5. The number of ether oxygens (including phenoxy) is 1. The number of morpholine rings is 1. The summed E-state index contributed by atoms with van der Waals surface area (Å²) in [6.07, 6.45) is 3.85. The molecule has 116 valence electrons. The second-order valence-corrected chi connectivity index (χ2v) is 9.92. The molecule has 8 heteroatoms. The lowest BCUT2D eigenvalue weighted by molar-refractivity contribution is -0.165. The van der Waals surface area contributed by atoms with E-state index in [-0.39, 0.29) is 23.3 Å². The molecule has 2 fully saturated rings. The Morgan fingerprint density at radius 1 is 1.24 bits per heavy atom. The number of hydrogen-bond donors (Lipinski definition) is 0. The van der Waals surface area contributed by atoms with Crippen molar-refractivity contribution in [2.24, 2.45) is 0 Å². The van der Waals surface area contributed by atoms with E-state index in [1.807, 2.05) is 0 Å². The second kappa shape index (κ2) is 5.64. The van der Waals surface area contributed by atoms with Gasteiger partial charge in [0.1, 0.15) is 16.4 Å². The first-order chi connectivity index (χ1) is 9.97. The highest BCUT2D eigenvalue weighted by molar-refractivity contribution is 9.11. The first-order valence-electron chi connectivity index (χ1n) is 6.92. The van der Waals surface area contributed by atoms with Gasteiger partial charge in [0, 0.05) is 6.54 Å². The molecule has 1 aromatic rings. The number of thiophene rings is 1. The van der Waals surface area contributed by atoms with Gasteiger partial charge in [0.2, 0.25) is 0 Å². The van der Waals surface area contributed by atoms with Crippen LogP contribution in [0.25, 0.3) is 0 Å². The average molecular weight is 394 g/mol. The van der Waals surface area contributed by atoms with E-state index in [1.54, 1.807) is 12.1 Å². The Kier molecular flexibility index (Phi) is 4.15. The Balaban J connectivity index is 2.03. The molecule has 0 bridgehead atoms. The minimum Gasteiger partial charge on any atom is -0.463 e. The smallest absolute Gasteiger partial charge is 0.327 e. The van der Waals surface area contributed by atoms with Crippen molar-refractivity contribution in [3.8, 4) is 0 Å². The minimum atomic E-state index is -3.66. The highest BCUT2D eigenvalue weighted by Gasteiger charge is 2.53. The summed E-state index contributed by atoms with van der Waals surface area (Å²) >= 11 is 4.46. The molecule has 1 spiro atoms. The molecule has 1 aliphatic carbocycles. The number of cyclic esters (lactones) is 1. The molecule has 0 unspecified atom stereocenters. The molecule has 1 aromatic heterocycles. The summed E-state index contributed by atoms with van der Waals surface area (Å²) in [5.74, 6) is -0.382. The number of carbonyl (C=O) groups is 1. The number of halogens is 1. The van der Waals surface area contributed by atoms with Crippen molar-refractivity contribution in [3.05, 3.63) is 15.9 Å². The maximum atomic E-state index is 12.9. The van der Waals surface area contributed by atoms with Crippen LogP contribution >= 0.6 is 27.3 Å². The van der Waals surface area contributed by atoms with Crippen LogP contribution in [0.5, 0.6) is 0 Å². The molecule has 0 aromatic carbocycles. The Hall–Kier alpha value is -0.440. The highest BCUT2D eigenvalue weighted by atomic mass is 79.9. The van der Waals surface area contributed by atoms with Gasteiger partial charge in [-0.05, 0) is 40.9 Å². The Morgan fingerprint density at radius 2 is 1.95 bits per heavy atom. The molecule has 1 saturated heterocycles. The van der Waals surface area contributed by atoms with Crippen LogP contribution in [0.15, 0.2) is 20.1 Å². The van der Waals surface area contributed by atoms with Crippen molar-refractivity contribution >= 4 is 43.3 Å². The highest BCUT2D eigenvalue weighted by Crippen LogP contribution is 2.41. The zero-order chi connectivity index (χ0) is 15.1. The van der Waals surface area contributed by atoms with Gasteiger partial charge in [-0.25, -0.2) is 8.42 Å². The molecule has 5 nitrogen and oxygen atoms in total. The van der Waals surface area contributed by atoms with Gasteiger partial charge in [0.25, 0.3) is 10.0 Å². The topological polar surface area (TPSA) is 63.7 Å². The van der Waals surface area contributed by atoms with Crippen LogP contribution in [0, 0.1) is 0 Å². The van der Waals surface area contributed by atoms with Crippen LogP contribution in [0.2, 0.25) is 0 Å². The largest absolute Gasteiger partial charge is 0.463 e. The molecule has 2 heterocycles. The summed E-state index contributed by atoms with van der Waals surface area (Å²) in [4.78, 5) is 12.3. The van der Waals surface area contributed by atoms with E-state index >= 15 is 0 Å². The molecule has 0 radical (unpaired) electrons. The van der Waals surface area contributed by atoms with Crippen LogP contribution in [0.4, 0.5) is 0 Å². The van der Waals surface area contributed by atoms with Crippen molar-refractivity contribution in [1.82, 2.24) is 4.31 Å². The first-order valence-corrected chi connectivity index (χ1v) is 9.97. The summed E-state index contributed by atoms with van der Waals surface area (Å²) in [5.41, 5.74) is -0.994. The van der Waals surface area contributed by atoms with Crippen molar-refractivity contribution in [2.75, 3.05) is 13.2 Å². The Morgan fingerprint density at radius 3 is 2.57 bits per heavy atom. The predicted molar refractivity (Wildman–Crippen MR) is 82.7 cm³/mol. The fourth-order valence-corrected chi connectivity index (χ4v) is 7.05. The summed E-state index contributed by atoms with van der Waals surface area (Å²) in [6, 6.07) is 3.30. The van der Waals surface area contributed by atoms with Crippen LogP contribution in [0.1, 0.15) is 32.1 Å².